The number of hydrogen-bond acceptors (Lipinski definition) is 2. The van der Waals surface area contributed by atoms with E-state index in [1.165, 1.54) is 4.90 Å². The number of benzene rings is 1. The average molecular weight is 292 g/mol. The number of hydrogen-bond donors (Lipinski definition) is 0. The van der Waals surface area contributed by atoms with E-state index in [0.29, 0.717) is 13.0 Å². The first kappa shape index (κ1) is 12.7. The molecule has 1 aliphatic carbocycles. The van der Waals surface area contributed by atoms with Crippen LogP contribution < -0.4 is 0 Å². The summed E-state index contributed by atoms with van der Waals surface area (Å²) in [7, 11) is 0. The molecule has 2 aliphatic heterocycles. The third-order valence-electron chi connectivity index (χ3n) is 4.66. The summed E-state index contributed by atoms with van der Waals surface area (Å²) in [6, 6.07) is 6.09. The van der Waals surface area contributed by atoms with Crippen molar-refractivity contribution in [1.29, 1.82) is 0 Å². The molecule has 1 saturated carbocycles. The lowest BCUT2D eigenvalue weighted by Gasteiger charge is -2.39. The van der Waals surface area contributed by atoms with Crippen LogP contribution >= 0.6 is 0 Å². The number of urea groups is 1. The topological polar surface area (TPSA) is 40.6 Å². The lowest BCUT2D eigenvalue weighted by atomic mass is 9.87. The van der Waals surface area contributed by atoms with Crippen LogP contribution in [0.15, 0.2) is 24.3 Å². The van der Waals surface area contributed by atoms with Gasteiger partial charge in [-0.15, -0.1) is 0 Å². The Balaban J connectivity index is 1.61. The Morgan fingerprint density at radius 2 is 1.76 bits per heavy atom. The number of amides is 3. The first-order valence-corrected chi connectivity index (χ1v) is 7.04. The van der Waals surface area contributed by atoms with Gasteiger partial charge >= 0.3 is 6.03 Å². The van der Waals surface area contributed by atoms with Gasteiger partial charge in [-0.3, -0.25) is 9.69 Å². The number of fused-ring (bicyclic) bond motifs is 2. The molecule has 1 saturated heterocycles. The minimum atomic E-state index is -2.74. The van der Waals surface area contributed by atoms with Gasteiger partial charge in [-0.1, -0.05) is 24.3 Å². The molecular weight excluding hydrogens is 278 g/mol. The summed E-state index contributed by atoms with van der Waals surface area (Å²) in [4.78, 5) is 27.4. The molecule has 4 rings (SSSR count). The van der Waals surface area contributed by atoms with Gasteiger partial charge in [0.2, 0.25) is 0 Å². The second-order valence-corrected chi connectivity index (χ2v) is 6.03. The van der Waals surface area contributed by atoms with Crippen LogP contribution in [0.5, 0.6) is 0 Å². The Bertz CT molecular complexity index is 595. The Morgan fingerprint density at radius 1 is 1.10 bits per heavy atom. The fourth-order valence-electron chi connectivity index (χ4n) is 3.49. The molecule has 0 spiro atoms. The van der Waals surface area contributed by atoms with Crippen molar-refractivity contribution in [3.63, 3.8) is 0 Å². The predicted octanol–water partition coefficient (Wildman–Crippen LogP) is 2.17. The van der Waals surface area contributed by atoms with Crippen LogP contribution in [0.4, 0.5) is 13.6 Å². The molecule has 0 radical (unpaired) electrons. The van der Waals surface area contributed by atoms with E-state index >= 15 is 0 Å². The fraction of sp³-hybridized carbons (Fsp3) is 0.467. The second-order valence-electron chi connectivity index (χ2n) is 6.03. The van der Waals surface area contributed by atoms with Crippen molar-refractivity contribution < 1.29 is 18.4 Å². The van der Waals surface area contributed by atoms with E-state index in [-0.39, 0.29) is 5.91 Å². The summed E-state index contributed by atoms with van der Waals surface area (Å²) in [5, 5.41) is 0. The number of carbonyl (C=O) groups is 2. The Morgan fingerprint density at radius 3 is 2.43 bits per heavy atom. The van der Waals surface area contributed by atoms with Gasteiger partial charge in [-0.05, 0) is 11.1 Å². The van der Waals surface area contributed by atoms with Gasteiger partial charge in [0, 0.05) is 25.8 Å². The van der Waals surface area contributed by atoms with Gasteiger partial charge in [-0.2, -0.15) is 0 Å². The van der Waals surface area contributed by atoms with E-state index in [1.807, 2.05) is 24.3 Å². The van der Waals surface area contributed by atoms with E-state index in [1.54, 1.807) is 0 Å². The molecule has 21 heavy (non-hydrogen) atoms. The lowest BCUT2D eigenvalue weighted by molar-refractivity contribution is -0.144. The molecule has 0 N–H and O–H groups in total. The predicted molar refractivity (Wildman–Crippen MR) is 69.7 cm³/mol. The van der Waals surface area contributed by atoms with Crippen LogP contribution in [0.1, 0.15) is 24.0 Å². The third-order valence-corrected chi connectivity index (χ3v) is 4.66. The molecule has 1 unspecified atom stereocenters. The van der Waals surface area contributed by atoms with Crippen molar-refractivity contribution >= 4 is 11.9 Å². The highest BCUT2D eigenvalue weighted by molar-refractivity contribution is 6.05. The van der Waals surface area contributed by atoms with Crippen molar-refractivity contribution in [2.24, 2.45) is 0 Å². The smallest absolute Gasteiger partial charge is 0.308 e. The first-order chi connectivity index (χ1) is 9.96. The molecule has 4 nitrogen and oxygen atoms in total. The van der Waals surface area contributed by atoms with E-state index in [0.717, 1.165) is 16.0 Å². The Labute approximate surface area is 120 Å². The first-order valence-electron chi connectivity index (χ1n) is 7.04. The summed E-state index contributed by atoms with van der Waals surface area (Å²) in [6.45, 7) is 0.380. The number of imide groups is 1. The highest BCUT2D eigenvalue weighted by Crippen LogP contribution is 2.43. The van der Waals surface area contributed by atoms with Gasteiger partial charge < -0.3 is 4.90 Å². The Kier molecular flexibility index (Phi) is 2.44. The molecule has 3 amide bonds. The van der Waals surface area contributed by atoms with E-state index in [2.05, 4.69) is 0 Å². The van der Waals surface area contributed by atoms with Crippen LogP contribution in [0.3, 0.4) is 0 Å². The van der Waals surface area contributed by atoms with Crippen LogP contribution in [0.2, 0.25) is 0 Å². The lowest BCUT2D eigenvalue weighted by Crippen LogP contribution is -2.53. The van der Waals surface area contributed by atoms with Gasteiger partial charge in [0.05, 0.1) is 6.04 Å². The molecule has 2 heterocycles. The highest BCUT2D eigenvalue weighted by Gasteiger charge is 2.56. The van der Waals surface area contributed by atoms with Crippen LogP contribution in [-0.2, 0) is 17.8 Å². The standard InChI is InChI=1S/C15H14F2N2O2/c16-15(17)6-11(7-15)19-13(20)12-5-9-3-1-2-4-10(9)8-18(12)14(19)21/h1-4,11-12H,5-8H2. The van der Waals surface area contributed by atoms with Gasteiger partial charge in [0.15, 0.2) is 0 Å². The number of carbonyl (C=O) groups excluding carboxylic acids is 2. The number of rotatable bonds is 1. The quantitative estimate of drug-likeness (QED) is 0.744. The zero-order valence-electron chi connectivity index (χ0n) is 11.3. The zero-order chi connectivity index (χ0) is 14.8. The summed E-state index contributed by atoms with van der Waals surface area (Å²) in [6.07, 6.45) is -0.337. The van der Waals surface area contributed by atoms with E-state index in [9.17, 15) is 18.4 Å². The molecule has 0 bridgehead atoms. The molecule has 110 valence electrons. The maximum absolute atomic E-state index is 13.0. The molecule has 3 aliphatic rings. The normalized spacial score (nSPS) is 27.4. The van der Waals surface area contributed by atoms with Crippen molar-refractivity contribution in [3.05, 3.63) is 35.4 Å². The van der Waals surface area contributed by atoms with Crippen LogP contribution in [-0.4, -0.2) is 39.7 Å². The monoisotopic (exact) mass is 292 g/mol. The maximum Gasteiger partial charge on any atom is 0.328 e. The number of halogens is 2. The Hall–Kier alpha value is -1.98. The largest absolute Gasteiger partial charge is 0.328 e. The SMILES string of the molecule is O=C1C2Cc3ccccc3CN2C(=O)N1C1CC(F)(F)C1. The summed E-state index contributed by atoms with van der Waals surface area (Å²) in [5.41, 5.74) is 2.08. The number of nitrogens with zero attached hydrogens (tertiary/aromatic N) is 2. The van der Waals surface area contributed by atoms with Crippen molar-refractivity contribution in [1.82, 2.24) is 9.80 Å². The minimum Gasteiger partial charge on any atom is -0.308 e. The van der Waals surface area contributed by atoms with Gasteiger partial charge in [0.1, 0.15) is 6.04 Å². The van der Waals surface area contributed by atoms with Crippen LogP contribution in [0, 0.1) is 0 Å². The molecule has 0 aromatic heterocycles. The molecule has 1 atom stereocenters. The summed E-state index contributed by atoms with van der Waals surface area (Å²) >= 11 is 0. The molecule has 2 fully saturated rings. The summed E-state index contributed by atoms with van der Waals surface area (Å²) < 4.78 is 26.0. The van der Waals surface area contributed by atoms with E-state index in [4.69, 9.17) is 0 Å². The van der Waals surface area contributed by atoms with Gasteiger partial charge in [-0.25, -0.2) is 13.6 Å². The summed E-state index contributed by atoms with van der Waals surface area (Å²) in [5.74, 6) is -3.06. The highest BCUT2D eigenvalue weighted by atomic mass is 19.3. The van der Waals surface area contributed by atoms with Crippen molar-refractivity contribution in [3.8, 4) is 0 Å². The second kappa shape index (κ2) is 4.02. The van der Waals surface area contributed by atoms with Crippen molar-refractivity contribution in [2.75, 3.05) is 0 Å². The van der Waals surface area contributed by atoms with Gasteiger partial charge in [0.25, 0.3) is 11.8 Å². The molecular formula is C15H14F2N2O2. The van der Waals surface area contributed by atoms with E-state index < -0.39 is 36.9 Å². The number of alkyl halides is 2. The fourth-order valence-corrected chi connectivity index (χ4v) is 3.49. The maximum atomic E-state index is 13.0. The molecule has 1 aromatic rings. The van der Waals surface area contributed by atoms with Crippen molar-refractivity contribution in [2.45, 2.75) is 43.8 Å². The minimum absolute atomic E-state index is 0.324. The zero-order valence-corrected chi connectivity index (χ0v) is 11.3. The average Bonchev–Trinajstić information content (AvgIpc) is 2.66. The molecule has 1 aromatic carbocycles. The molecule has 6 heteroatoms. The van der Waals surface area contributed by atoms with Crippen LogP contribution in [0.25, 0.3) is 0 Å². The third kappa shape index (κ3) is 1.78.